The number of piperidine rings is 1. The molecular weight excluding hydrogens is 435 g/mol. The molecule has 2 aliphatic rings. The Labute approximate surface area is 190 Å². The fourth-order valence-electron chi connectivity index (χ4n) is 3.99. The molecule has 1 spiro atoms. The van der Waals surface area contributed by atoms with Gasteiger partial charge in [-0.25, -0.2) is 4.79 Å². The lowest BCUT2D eigenvalue weighted by molar-refractivity contribution is -0.154. The molecule has 0 radical (unpaired) electrons. The predicted molar refractivity (Wildman–Crippen MR) is 118 cm³/mol. The van der Waals surface area contributed by atoms with Gasteiger partial charge < -0.3 is 9.68 Å². The van der Waals surface area contributed by atoms with Crippen LogP contribution in [0.3, 0.4) is 0 Å². The third-order valence-corrected chi connectivity index (χ3v) is 6.05. The predicted octanol–water partition coefficient (Wildman–Crippen LogP) is 5.95. The monoisotopic (exact) mass is 461 g/mol. The summed E-state index contributed by atoms with van der Waals surface area (Å²) in [5.41, 5.74) is 1.86. The summed E-state index contributed by atoms with van der Waals surface area (Å²) in [5, 5.41) is 8.44. The number of carbonyl (C=O) groups is 1. The first-order valence-corrected chi connectivity index (χ1v) is 10.9. The lowest BCUT2D eigenvalue weighted by Crippen LogP contribution is -2.45. The van der Waals surface area contributed by atoms with Crippen LogP contribution in [0, 0.1) is 0 Å². The van der Waals surface area contributed by atoms with Crippen molar-refractivity contribution in [3.8, 4) is 0 Å². The number of nitrogens with zero attached hydrogens (tertiary/aromatic N) is 2. The lowest BCUT2D eigenvalue weighted by atomic mass is 9.86. The molecule has 4 rings (SSSR count). The van der Waals surface area contributed by atoms with E-state index in [-0.39, 0.29) is 0 Å². The zero-order valence-corrected chi connectivity index (χ0v) is 18.5. The first kappa shape index (κ1) is 23.1. The molecule has 33 heavy (non-hydrogen) atoms. The van der Waals surface area contributed by atoms with Crippen LogP contribution in [0.1, 0.15) is 55.7 Å². The summed E-state index contributed by atoms with van der Waals surface area (Å²) in [4.78, 5) is 23.4. The Balaban J connectivity index is 1.26. The van der Waals surface area contributed by atoms with Crippen LogP contribution in [-0.2, 0) is 15.9 Å². The topological polar surface area (TPSA) is 63.2 Å². The number of benzene rings is 2. The van der Waals surface area contributed by atoms with E-state index in [1.165, 1.54) is 17.7 Å². The molecule has 6 nitrogen and oxygen atoms in total. The van der Waals surface area contributed by atoms with E-state index in [9.17, 15) is 18.0 Å². The molecule has 0 aromatic heterocycles. The number of hydrogen-bond donors (Lipinski definition) is 1. The van der Waals surface area contributed by atoms with Crippen molar-refractivity contribution in [1.29, 1.82) is 0 Å². The second kappa shape index (κ2) is 9.05. The molecule has 1 saturated heterocycles. The van der Waals surface area contributed by atoms with E-state index in [0.29, 0.717) is 55.2 Å². The fourth-order valence-corrected chi connectivity index (χ4v) is 3.99. The van der Waals surface area contributed by atoms with Gasteiger partial charge in [-0.15, -0.1) is 5.06 Å². The van der Waals surface area contributed by atoms with Crippen LogP contribution in [0.25, 0.3) is 0 Å². The van der Waals surface area contributed by atoms with Crippen LogP contribution < -0.4 is 5.32 Å². The number of anilines is 1. The molecule has 9 heteroatoms. The van der Waals surface area contributed by atoms with Crippen molar-refractivity contribution in [1.82, 2.24) is 5.06 Å². The standard InChI is InChI=1S/C24H26F3N3O3/c1-16(2)17-5-9-20(10-6-17)28-22(31)32-30-13-11-23(12-14-30)15-21(29-33-23)18-3-7-19(8-4-18)24(25,26)27/h3-10,16H,11-15H2,1-2H3,(H,28,31). The molecule has 0 unspecified atom stereocenters. The zero-order chi connectivity index (χ0) is 23.6. The minimum absolute atomic E-state index is 0.410. The quantitative estimate of drug-likeness (QED) is 0.611. The molecule has 2 aromatic carbocycles. The molecule has 1 amide bonds. The molecule has 1 N–H and O–H groups in total. The molecule has 0 saturated carbocycles. The maximum Gasteiger partial charge on any atom is 0.430 e. The Hall–Kier alpha value is -3.07. The Morgan fingerprint density at radius 1 is 1.09 bits per heavy atom. The van der Waals surface area contributed by atoms with Gasteiger partial charge in [0.25, 0.3) is 0 Å². The van der Waals surface area contributed by atoms with Gasteiger partial charge in [-0.05, 0) is 41.3 Å². The number of alkyl halides is 3. The van der Waals surface area contributed by atoms with E-state index < -0.39 is 23.4 Å². The van der Waals surface area contributed by atoms with Crippen LogP contribution in [0.4, 0.5) is 23.7 Å². The third kappa shape index (κ3) is 5.47. The van der Waals surface area contributed by atoms with Gasteiger partial charge in [0.2, 0.25) is 0 Å². The Kier molecular flexibility index (Phi) is 6.34. The lowest BCUT2D eigenvalue weighted by Gasteiger charge is -2.35. The van der Waals surface area contributed by atoms with Gasteiger partial charge in [0.15, 0.2) is 0 Å². The van der Waals surface area contributed by atoms with Crippen molar-refractivity contribution in [3.05, 3.63) is 65.2 Å². The molecule has 0 atom stereocenters. The van der Waals surface area contributed by atoms with Crippen LogP contribution >= 0.6 is 0 Å². The van der Waals surface area contributed by atoms with Crippen molar-refractivity contribution in [3.63, 3.8) is 0 Å². The number of nitrogens with one attached hydrogen (secondary N) is 1. The van der Waals surface area contributed by atoms with Crippen molar-refractivity contribution < 1.29 is 27.6 Å². The van der Waals surface area contributed by atoms with Crippen molar-refractivity contribution >= 4 is 17.5 Å². The van der Waals surface area contributed by atoms with E-state index in [1.807, 2.05) is 24.3 Å². The van der Waals surface area contributed by atoms with Crippen molar-refractivity contribution in [2.75, 3.05) is 18.4 Å². The van der Waals surface area contributed by atoms with E-state index in [0.717, 1.165) is 12.1 Å². The smallest absolute Gasteiger partial charge is 0.388 e. The second-order valence-electron chi connectivity index (χ2n) is 8.77. The van der Waals surface area contributed by atoms with Crippen LogP contribution in [-0.4, -0.2) is 35.6 Å². The number of carbonyl (C=O) groups excluding carboxylic acids is 1. The highest BCUT2D eigenvalue weighted by Gasteiger charge is 2.43. The third-order valence-electron chi connectivity index (χ3n) is 6.05. The summed E-state index contributed by atoms with van der Waals surface area (Å²) in [6, 6.07) is 12.6. The van der Waals surface area contributed by atoms with E-state index >= 15 is 0 Å². The average Bonchev–Trinajstić information content (AvgIpc) is 3.19. The van der Waals surface area contributed by atoms with Gasteiger partial charge in [-0.3, -0.25) is 5.32 Å². The minimum Gasteiger partial charge on any atom is -0.388 e. The zero-order valence-electron chi connectivity index (χ0n) is 18.5. The fraction of sp³-hybridized carbons (Fsp3) is 0.417. The van der Waals surface area contributed by atoms with Gasteiger partial charge >= 0.3 is 12.3 Å². The molecule has 1 fully saturated rings. The van der Waals surface area contributed by atoms with Crippen molar-refractivity contribution in [2.45, 2.75) is 50.8 Å². The largest absolute Gasteiger partial charge is 0.430 e. The number of rotatable bonds is 4. The summed E-state index contributed by atoms with van der Waals surface area (Å²) in [5.74, 6) is 0.410. The minimum atomic E-state index is -4.37. The maximum atomic E-state index is 12.8. The molecule has 176 valence electrons. The highest BCUT2D eigenvalue weighted by molar-refractivity contribution is 6.01. The summed E-state index contributed by atoms with van der Waals surface area (Å²) < 4.78 is 38.3. The van der Waals surface area contributed by atoms with Gasteiger partial charge in [-0.1, -0.05) is 43.3 Å². The SMILES string of the molecule is CC(C)c1ccc(NC(=O)ON2CCC3(CC2)CC(c2ccc(C(F)(F)F)cc2)=NO3)cc1. The molecular formula is C24H26F3N3O3. The summed E-state index contributed by atoms with van der Waals surface area (Å²) in [6.07, 6.45) is -3.27. The highest BCUT2D eigenvalue weighted by Crippen LogP contribution is 2.37. The van der Waals surface area contributed by atoms with Gasteiger partial charge in [-0.2, -0.15) is 13.2 Å². The normalized spacial score (nSPS) is 18.2. The Morgan fingerprint density at radius 2 is 1.73 bits per heavy atom. The highest BCUT2D eigenvalue weighted by atomic mass is 19.4. The van der Waals surface area contributed by atoms with E-state index in [1.54, 1.807) is 5.06 Å². The van der Waals surface area contributed by atoms with Crippen molar-refractivity contribution in [2.24, 2.45) is 5.16 Å². The van der Waals surface area contributed by atoms with E-state index in [2.05, 4.69) is 24.3 Å². The molecule has 2 aliphatic heterocycles. The average molecular weight is 461 g/mol. The molecule has 0 bridgehead atoms. The number of hydroxylamine groups is 2. The first-order chi connectivity index (χ1) is 15.6. The molecule has 0 aliphatic carbocycles. The number of oxime groups is 1. The van der Waals surface area contributed by atoms with Gasteiger partial charge in [0.1, 0.15) is 5.60 Å². The van der Waals surface area contributed by atoms with Crippen LogP contribution in [0.5, 0.6) is 0 Å². The number of amides is 1. The van der Waals surface area contributed by atoms with Crippen LogP contribution in [0.15, 0.2) is 53.7 Å². The summed E-state index contributed by atoms with van der Waals surface area (Å²) >= 11 is 0. The first-order valence-electron chi connectivity index (χ1n) is 10.9. The Bertz CT molecular complexity index is 1010. The molecule has 2 aromatic rings. The van der Waals surface area contributed by atoms with Gasteiger partial charge in [0.05, 0.1) is 11.3 Å². The number of halogens is 3. The van der Waals surface area contributed by atoms with Crippen LogP contribution in [0.2, 0.25) is 0 Å². The maximum absolute atomic E-state index is 12.8. The second-order valence-corrected chi connectivity index (χ2v) is 8.77. The van der Waals surface area contributed by atoms with E-state index in [4.69, 9.17) is 9.68 Å². The van der Waals surface area contributed by atoms with Gasteiger partial charge in [0, 0.05) is 38.0 Å². The Morgan fingerprint density at radius 3 is 2.30 bits per heavy atom. The molecule has 2 heterocycles. The summed E-state index contributed by atoms with van der Waals surface area (Å²) in [6.45, 7) is 5.14. The number of hydrogen-bond acceptors (Lipinski definition) is 5. The summed E-state index contributed by atoms with van der Waals surface area (Å²) in [7, 11) is 0.